The highest BCUT2D eigenvalue weighted by Crippen LogP contribution is 2.23. The minimum absolute atomic E-state index is 0.124. The molecule has 0 saturated carbocycles. The number of hydrogen-bond acceptors (Lipinski definition) is 5. The standard InChI is InChI=1S/C21H26F2N2O4S/c1-15-4-3-5-16(2)21(15)29-14-18(26)13-24-8-10-25(11-9-24)30(27,28)20-12-17(22)6-7-19(20)23/h3-7,12,18,26H,8-11,13-14H2,1-2H3. The molecule has 164 valence electrons. The Bertz CT molecular complexity index is 972. The van der Waals surface area contributed by atoms with Crippen molar-refractivity contribution >= 4 is 10.0 Å². The van der Waals surface area contributed by atoms with Crippen LogP contribution in [0, 0.1) is 25.5 Å². The van der Waals surface area contributed by atoms with E-state index in [1.54, 1.807) is 0 Å². The largest absolute Gasteiger partial charge is 0.490 e. The second kappa shape index (κ2) is 9.38. The summed E-state index contributed by atoms with van der Waals surface area (Å²) in [5.41, 5.74) is 1.98. The second-order valence-electron chi connectivity index (χ2n) is 7.47. The SMILES string of the molecule is Cc1cccc(C)c1OCC(O)CN1CCN(S(=O)(=O)c2cc(F)ccc2F)CC1. The number of halogens is 2. The van der Waals surface area contributed by atoms with Crippen LogP contribution in [0.2, 0.25) is 0 Å². The Hall–Kier alpha value is -2.07. The number of aliphatic hydroxyl groups is 1. The highest BCUT2D eigenvalue weighted by atomic mass is 32.2. The lowest BCUT2D eigenvalue weighted by atomic mass is 10.1. The molecule has 3 rings (SSSR count). The van der Waals surface area contributed by atoms with Gasteiger partial charge in [-0.2, -0.15) is 4.31 Å². The minimum Gasteiger partial charge on any atom is -0.490 e. The van der Waals surface area contributed by atoms with Crippen molar-refractivity contribution < 1.29 is 27.0 Å². The van der Waals surface area contributed by atoms with Crippen LogP contribution in [0.3, 0.4) is 0 Å². The quantitative estimate of drug-likeness (QED) is 0.716. The number of benzene rings is 2. The van der Waals surface area contributed by atoms with Gasteiger partial charge in [-0.05, 0) is 43.2 Å². The summed E-state index contributed by atoms with van der Waals surface area (Å²) in [5, 5.41) is 10.3. The summed E-state index contributed by atoms with van der Waals surface area (Å²) in [6.45, 7) is 5.33. The zero-order valence-corrected chi connectivity index (χ0v) is 17.8. The smallest absolute Gasteiger partial charge is 0.246 e. The summed E-state index contributed by atoms with van der Waals surface area (Å²) >= 11 is 0. The molecule has 0 radical (unpaired) electrons. The van der Waals surface area contributed by atoms with Crippen LogP contribution in [0.5, 0.6) is 5.75 Å². The van der Waals surface area contributed by atoms with Gasteiger partial charge in [-0.3, -0.25) is 4.90 Å². The second-order valence-corrected chi connectivity index (χ2v) is 9.37. The summed E-state index contributed by atoms with van der Waals surface area (Å²) in [7, 11) is -4.12. The van der Waals surface area contributed by atoms with Crippen LogP contribution >= 0.6 is 0 Å². The predicted octanol–water partition coefficient (Wildman–Crippen LogP) is 2.33. The van der Waals surface area contributed by atoms with Crippen molar-refractivity contribution in [1.29, 1.82) is 0 Å². The lowest BCUT2D eigenvalue weighted by Gasteiger charge is -2.34. The fourth-order valence-electron chi connectivity index (χ4n) is 3.52. The number of rotatable bonds is 7. The fourth-order valence-corrected chi connectivity index (χ4v) is 5.02. The first-order valence-electron chi connectivity index (χ1n) is 9.73. The monoisotopic (exact) mass is 440 g/mol. The molecule has 1 saturated heterocycles. The predicted molar refractivity (Wildman–Crippen MR) is 109 cm³/mol. The molecule has 1 aliphatic rings. The molecule has 2 aromatic rings. The molecule has 1 aliphatic heterocycles. The van der Waals surface area contributed by atoms with Gasteiger partial charge in [-0.1, -0.05) is 18.2 Å². The minimum atomic E-state index is -4.12. The molecule has 0 bridgehead atoms. The van der Waals surface area contributed by atoms with Crippen molar-refractivity contribution in [2.75, 3.05) is 39.3 Å². The molecule has 1 fully saturated rings. The summed E-state index contributed by atoms with van der Waals surface area (Å²) < 4.78 is 59.5. The molecule has 0 spiro atoms. The van der Waals surface area contributed by atoms with Crippen LogP contribution in [-0.4, -0.2) is 68.2 Å². The molecule has 1 atom stereocenters. The average molecular weight is 441 g/mol. The summed E-state index contributed by atoms with van der Waals surface area (Å²) in [6.07, 6.45) is -0.743. The molecule has 2 aromatic carbocycles. The van der Waals surface area contributed by atoms with Crippen molar-refractivity contribution in [3.05, 3.63) is 59.2 Å². The lowest BCUT2D eigenvalue weighted by molar-refractivity contribution is 0.0565. The number of β-amino-alcohol motifs (C(OH)–C–C–N with tert-alkyl or cyclic N) is 1. The number of ether oxygens (including phenoxy) is 1. The van der Waals surface area contributed by atoms with Gasteiger partial charge in [0.25, 0.3) is 0 Å². The van der Waals surface area contributed by atoms with Crippen molar-refractivity contribution in [2.45, 2.75) is 24.8 Å². The molecule has 6 nitrogen and oxygen atoms in total. The normalized spacial score (nSPS) is 17.1. The Kier molecular flexibility index (Phi) is 7.07. The van der Waals surface area contributed by atoms with Gasteiger partial charge in [-0.25, -0.2) is 17.2 Å². The first-order chi connectivity index (χ1) is 14.2. The first-order valence-corrected chi connectivity index (χ1v) is 11.2. The third-order valence-electron chi connectivity index (χ3n) is 5.14. The van der Waals surface area contributed by atoms with E-state index in [0.717, 1.165) is 33.3 Å². The van der Waals surface area contributed by atoms with E-state index in [9.17, 15) is 22.3 Å². The molecule has 0 aromatic heterocycles. The van der Waals surface area contributed by atoms with Crippen LogP contribution in [0.4, 0.5) is 8.78 Å². The van der Waals surface area contributed by atoms with E-state index >= 15 is 0 Å². The Morgan fingerprint density at radius 3 is 2.33 bits per heavy atom. The van der Waals surface area contributed by atoms with E-state index in [0.29, 0.717) is 25.7 Å². The number of aryl methyl sites for hydroxylation is 2. The van der Waals surface area contributed by atoms with Crippen molar-refractivity contribution in [2.24, 2.45) is 0 Å². The first kappa shape index (κ1) is 22.6. The highest BCUT2D eigenvalue weighted by Gasteiger charge is 2.31. The van der Waals surface area contributed by atoms with E-state index in [1.807, 2.05) is 36.9 Å². The fraction of sp³-hybridized carbons (Fsp3) is 0.429. The Morgan fingerprint density at radius 2 is 1.70 bits per heavy atom. The third-order valence-corrected chi connectivity index (χ3v) is 7.05. The van der Waals surface area contributed by atoms with Crippen molar-refractivity contribution in [3.63, 3.8) is 0 Å². The van der Waals surface area contributed by atoms with E-state index in [2.05, 4.69) is 0 Å². The van der Waals surface area contributed by atoms with E-state index < -0.39 is 32.7 Å². The number of piperazine rings is 1. The molecular weight excluding hydrogens is 414 g/mol. The topological polar surface area (TPSA) is 70.1 Å². The maximum Gasteiger partial charge on any atom is 0.246 e. The Labute approximate surface area is 175 Å². The molecule has 9 heteroatoms. The number of sulfonamides is 1. The molecule has 1 unspecified atom stereocenters. The molecular formula is C21H26F2N2O4S. The van der Waals surface area contributed by atoms with Gasteiger partial charge in [0.2, 0.25) is 10.0 Å². The van der Waals surface area contributed by atoms with Crippen LogP contribution in [0.15, 0.2) is 41.3 Å². The average Bonchev–Trinajstić information content (AvgIpc) is 2.70. The maximum atomic E-state index is 13.9. The van der Waals surface area contributed by atoms with E-state index in [-0.39, 0.29) is 19.7 Å². The zero-order valence-electron chi connectivity index (χ0n) is 17.0. The van der Waals surface area contributed by atoms with Gasteiger partial charge in [0.15, 0.2) is 0 Å². The molecule has 1 N–H and O–H groups in total. The zero-order chi connectivity index (χ0) is 21.9. The Balaban J connectivity index is 1.53. The van der Waals surface area contributed by atoms with Crippen LogP contribution in [0.1, 0.15) is 11.1 Å². The highest BCUT2D eigenvalue weighted by molar-refractivity contribution is 7.89. The van der Waals surface area contributed by atoms with Crippen molar-refractivity contribution in [3.8, 4) is 5.75 Å². The van der Waals surface area contributed by atoms with Gasteiger partial charge >= 0.3 is 0 Å². The van der Waals surface area contributed by atoms with E-state index in [4.69, 9.17) is 4.74 Å². The lowest BCUT2D eigenvalue weighted by Crippen LogP contribution is -2.51. The number of para-hydroxylation sites is 1. The summed E-state index contributed by atoms with van der Waals surface area (Å²) in [6, 6.07) is 8.22. The summed E-state index contributed by atoms with van der Waals surface area (Å²) in [5.74, 6) is -1.02. The van der Waals surface area contributed by atoms with Crippen LogP contribution in [-0.2, 0) is 10.0 Å². The molecule has 0 amide bonds. The van der Waals surface area contributed by atoms with Gasteiger partial charge in [0.1, 0.15) is 35.0 Å². The number of hydrogen-bond donors (Lipinski definition) is 1. The van der Waals surface area contributed by atoms with Gasteiger partial charge in [-0.15, -0.1) is 0 Å². The molecule has 0 aliphatic carbocycles. The van der Waals surface area contributed by atoms with Gasteiger partial charge < -0.3 is 9.84 Å². The number of nitrogens with zero attached hydrogens (tertiary/aromatic N) is 2. The Morgan fingerprint density at radius 1 is 1.07 bits per heavy atom. The van der Waals surface area contributed by atoms with Gasteiger partial charge in [0.05, 0.1) is 0 Å². The van der Waals surface area contributed by atoms with Crippen molar-refractivity contribution in [1.82, 2.24) is 9.21 Å². The van der Waals surface area contributed by atoms with Crippen LogP contribution in [0.25, 0.3) is 0 Å². The number of aliphatic hydroxyl groups excluding tert-OH is 1. The maximum absolute atomic E-state index is 13.9. The molecule has 1 heterocycles. The van der Waals surface area contributed by atoms with Gasteiger partial charge in [0, 0.05) is 32.7 Å². The van der Waals surface area contributed by atoms with Crippen LogP contribution < -0.4 is 4.74 Å². The molecule has 30 heavy (non-hydrogen) atoms. The third kappa shape index (κ3) is 5.15. The summed E-state index contributed by atoms with van der Waals surface area (Å²) in [4.78, 5) is 1.27. The van der Waals surface area contributed by atoms with E-state index in [1.165, 1.54) is 0 Å².